The van der Waals surface area contributed by atoms with E-state index in [1.54, 1.807) is 0 Å². The van der Waals surface area contributed by atoms with Crippen molar-refractivity contribution >= 4 is 10.9 Å². The summed E-state index contributed by atoms with van der Waals surface area (Å²) in [6.45, 7) is 2.18. The Labute approximate surface area is 107 Å². The second kappa shape index (κ2) is 4.26. The highest BCUT2D eigenvalue weighted by Gasteiger charge is 2.13. The largest absolute Gasteiger partial charge is 0.212 e. The van der Waals surface area contributed by atoms with Crippen LogP contribution in [0.1, 0.15) is 5.56 Å². The summed E-state index contributed by atoms with van der Waals surface area (Å²) in [5.74, 6) is 0. The van der Waals surface area contributed by atoms with Gasteiger partial charge in [0.05, 0.1) is 5.39 Å². The van der Waals surface area contributed by atoms with E-state index in [9.17, 15) is 0 Å². The number of benzene rings is 2. The van der Waals surface area contributed by atoms with Crippen molar-refractivity contribution in [2.75, 3.05) is 0 Å². The van der Waals surface area contributed by atoms with E-state index in [4.69, 9.17) is 0 Å². The van der Waals surface area contributed by atoms with Crippen LogP contribution in [-0.4, -0.2) is 0 Å². The normalized spacial score (nSPS) is 10.8. The zero-order valence-corrected chi connectivity index (χ0v) is 10.7. The van der Waals surface area contributed by atoms with Crippen molar-refractivity contribution in [3.8, 4) is 11.1 Å². The van der Waals surface area contributed by atoms with Crippen molar-refractivity contribution in [3.05, 3.63) is 66.4 Å². The van der Waals surface area contributed by atoms with E-state index in [0.29, 0.717) is 0 Å². The second-order valence-corrected chi connectivity index (χ2v) is 4.68. The van der Waals surface area contributed by atoms with Crippen LogP contribution < -0.4 is 4.57 Å². The monoisotopic (exact) mass is 234 g/mol. The molecule has 1 nitrogen and oxygen atoms in total. The van der Waals surface area contributed by atoms with Crippen molar-refractivity contribution < 1.29 is 4.57 Å². The summed E-state index contributed by atoms with van der Waals surface area (Å²) in [7, 11) is 2.10. The van der Waals surface area contributed by atoms with Crippen LogP contribution in [0.25, 0.3) is 22.0 Å². The van der Waals surface area contributed by atoms with Crippen LogP contribution in [0.5, 0.6) is 0 Å². The lowest BCUT2D eigenvalue weighted by molar-refractivity contribution is -0.645. The third-order valence-electron chi connectivity index (χ3n) is 3.40. The highest BCUT2D eigenvalue weighted by molar-refractivity contribution is 5.94. The molecule has 0 amide bonds. The van der Waals surface area contributed by atoms with Gasteiger partial charge in [0.1, 0.15) is 7.05 Å². The minimum atomic E-state index is 1.27. The zero-order valence-electron chi connectivity index (χ0n) is 10.7. The van der Waals surface area contributed by atoms with Gasteiger partial charge in [-0.2, -0.15) is 0 Å². The molecule has 0 N–H and O–H groups in total. The van der Waals surface area contributed by atoms with E-state index in [1.807, 2.05) is 0 Å². The van der Waals surface area contributed by atoms with Crippen LogP contribution in [0.2, 0.25) is 0 Å². The summed E-state index contributed by atoms with van der Waals surface area (Å²) in [5.41, 5.74) is 5.19. The molecule has 0 saturated carbocycles. The lowest BCUT2D eigenvalue weighted by Gasteiger charge is -2.08. The number of pyridine rings is 1. The van der Waals surface area contributed by atoms with E-state index < -0.39 is 0 Å². The second-order valence-electron chi connectivity index (χ2n) is 4.68. The van der Waals surface area contributed by atoms with Crippen molar-refractivity contribution in [1.29, 1.82) is 0 Å². The quantitative estimate of drug-likeness (QED) is 0.566. The Kier molecular flexibility index (Phi) is 2.60. The third kappa shape index (κ3) is 1.68. The molecule has 0 aliphatic rings. The molecular weight excluding hydrogens is 218 g/mol. The van der Waals surface area contributed by atoms with Crippen molar-refractivity contribution in [3.63, 3.8) is 0 Å². The number of rotatable bonds is 1. The topological polar surface area (TPSA) is 3.88 Å². The molecule has 0 spiro atoms. The van der Waals surface area contributed by atoms with Crippen LogP contribution in [-0.2, 0) is 7.05 Å². The summed E-state index contributed by atoms with van der Waals surface area (Å²) in [4.78, 5) is 0. The molecule has 2 aromatic carbocycles. The maximum Gasteiger partial charge on any atom is 0.212 e. The fourth-order valence-corrected chi connectivity index (χ4v) is 2.62. The number of aryl methyl sites for hydroxylation is 2. The highest BCUT2D eigenvalue weighted by atomic mass is 14.9. The fraction of sp³-hybridized carbons (Fsp3) is 0.118. The van der Waals surface area contributed by atoms with E-state index >= 15 is 0 Å². The molecule has 88 valence electrons. The molecule has 0 unspecified atom stereocenters. The predicted octanol–water partition coefficient (Wildman–Crippen LogP) is 3.64. The molecule has 3 aromatic rings. The molecule has 0 saturated heterocycles. The highest BCUT2D eigenvalue weighted by Crippen LogP contribution is 2.29. The standard InChI is InChI=1S/C17H16N/c1-13-12-18(2)16-11-7-6-10-15(16)17(13)14-8-4-3-5-9-14/h3-12H,1-2H3/q+1. The first kappa shape index (κ1) is 11.0. The minimum Gasteiger partial charge on any atom is -0.201 e. The maximum absolute atomic E-state index is 2.20. The van der Waals surface area contributed by atoms with Gasteiger partial charge in [0.15, 0.2) is 6.20 Å². The molecule has 1 aromatic heterocycles. The van der Waals surface area contributed by atoms with Gasteiger partial charge in [0.25, 0.3) is 0 Å². The van der Waals surface area contributed by atoms with Crippen LogP contribution in [0.15, 0.2) is 60.8 Å². The SMILES string of the molecule is Cc1c[n+](C)c2ccccc2c1-c1ccccc1. The van der Waals surface area contributed by atoms with Gasteiger partial charge in [-0.3, -0.25) is 0 Å². The van der Waals surface area contributed by atoms with E-state index in [-0.39, 0.29) is 0 Å². The third-order valence-corrected chi connectivity index (χ3v) is 3.40. The van der Waals surface area contributed by atoms with Gasteiger partial charge in [-0.25, -0.2) is 4.57 Å². The van der Waals surface area contributed by atoms with Crippen LogP contribution >= 0.6 is 0 Å². The molecule has 0 bridgehead atoms. The fourth-order valence-electron chi connectivity index (χ4n) is 2.62. The molecule has 0 radical (unpaired) electrons. The average Bonchev–Trinajstić information content (AvgIpc) is 2.40. The van der Waals surface area contributed by atoms with Crippen molar-refractivity contribution in [2.24, 2.45) is 7.05 Å². The van der Waals surface area contributed by atoms with Gasteiger partial charge < -0.3 is 0 Å². The van der Waals surface area contributed by atoms with Gasteiger partial charge in [-0.1, -0.05) is 42.5 Å². The average molecular weight is 234 g/mol. The first-order valence-electron chi connectivity index (χ1n) is 6.21. The Morgan fingerprint density at radius 2 is 1.50 bits per heavy atom. The summed E-state index contributed by atoms with van der Waals surface area (Å²) in [5, 5.41) is 1.31. The number of hydrogen-bond acceptors (Lipinski definition) is 0. The van der Waals surface area contributed by atoms with Crippen LogP contribution in [0.3, 0.4) is 0 Å². The summed E-state index contributed by atoms with van der Waals surface area (Å²) in [6, 6.07) is 19.2. The molecule has 0 atom stereocenters. The summed E-state index contributed by atoms with van der Waals surface area (Å²) < 4.78 is 2.19. The van der Waals surface area contributed by atoms with E-state index in [0.717, 1.165) is 0 Å². The Morgan fingerprint density at radius 3 is 2.28 bits per heavy atom. The molecule has 18 heavy (non-hydrogen) atoms. The van der Waals surface area contributed by atoms with Gasteiger partial charge in [0.2, 0.25) is 5.52 Å². The number of hydrogen-bond donors (Lipinski definition) is 0. The van der Waals surface area contributed by atoms with E-state index in [1.165, 1.54) is 27.6 Å². The summed E-state index contributed by atoms with van der Waals surface area (Å²) in [6.07, 6.45) is 2.20. The smallest absolute Gasteiger partial charge is 0.201 e. The Morgan fingerprint density at radius 1 is 0.833 bits per heavy atom. The Hall–Kier alpha value is -2.15. The molecule has 0 aliphatic heterocycles. The predicted molar refractivity (Wildman–Crippen MR) is 75.3 cm³/mol. The minimum absolute atomic E-state index is 1.27. The number of nitrogens with zero attached hydrogens (tertiary/aromatic N) is 1. The van der Waals surface area contributed by atoms with E-state index in [2.05, 4.69) is 79.3 Å². The first-order chi connectivity index (χ1) is 8.77. The lowest BCUT2D eigenvalue weighted by Crippen LogP contribution is -2.29. The molecule has 3 rings (SSSR count). The Balaban J connectivity index is 2.42. The number of fused-ring (bicyclic) bond motifs is 1. The maximum atomic E-state index is 2.20. The molecule has 1 heteroatoms. The van der Waals surface area contributed by atoms with Gasteiger partial charge in [0, 0.05) is 17.2 Å². The van der Waals surface area contributed by atoms with Crippen LogP contribution in [0.4, 0.5) is 0 Å². The molecule has 0 fully saturated rings. The van der Waals surface area contributed by atoms with Crippen molar-refractivity contribution in [1.82, 2.24) is 0 Å². The first-order valence-corrected chi connectivity index (χ1v) is 6.21. The van der Waals surface area contributed by atoms with Crippen LogP contribution in [0, 0.1) is 6.92 Å². The van der Waals surface area contributed by atoms with Crippen molar-refractivity contribution in [2.45, 2.75) is 6.92 Å². The molecule has 0 aliphatic carbocycles. The zero-order chi connectivity index (χ0) is 12.5. The van der Waals surface area contributed by atoms with Gasteiger partial charge >= 0.3 is 0 Å². The number of aromatic nitrogens is 1. The Bertz CT molecular complexity index is 699. The number of para-hydroxylation sites is 1. The van der Waals surface area contributed by atoms with Gasteiger partial charge in [-0.05, 0) is 18.6 Å². The summed E-state index contributed by atoms with van der Waals surface area (Å²) >= 11 is 0. The lowest BCUT2D eigenvalue weighted by atomic mass is 9.97. The molecular formula is C17H16N+. The van der Waals surface area contributed by atoms with Gasteiger partial charge in [-0.15, -0.1) is 0 Å². The molecule has 1 heterocycles.